The minimum absolute atomic E-state index is 0.411. The second-order valence-corrected chi connectivity index (χ2v) is 3.60. The summed E-state index contributed by atoms with van der Waals surface area (Å²) in [5.74, 6) is 0. The number of rotatable bonds is 3. The maximum atomic E-state index is 3.83. The lowest BCUT2D eigenvalue weighted by Gasteiger charge is -2.10. The molecule has 0 aliphatic heterocycles. The van der Waals surface area contributed by atoms with E-state index in [1.54, 1.807) is 11.0 Å². The molecular weight excluding hydrogens is 190 g/mol. The van der Waals surface area contributed by atoms with Gasteiger partial charge in [0.05, 0.1) is 5.69 Å². The van der Waals surface area contributed by atoms with Gasteiger partial charge in [0.1, 0.15) is 6.33 Å². The molecule has 0 saturated carbocycles. The molecule has 0 amide bonds. The van der Waals surface area contributed by atoms with Crippen LogP contribution in [0.5, 0.6) is 0 Å². The molecule has 0 atom stereocenters. The summed E-state index contributed by atoms with van der Waals surface area (Å²) in [6.45, 7) is 4.20. The van der Waals surface area contributed by atoms with Gasteiger partial charge in [-0.2, -0.15) is 0 Å². The van der Waals surface area contributed by atoms with E-state index >= 15 is 0 Å². The van der Waals surface area contributed by atoms with Crippen LogP contribution >= 0.6 is 0 Å². The zero-order valence-electron chi connectivity index (χ0n) is 8.75. The standard InChI is InChI=1S/C10H13N5/c1-8(2)12-9-4-3-5-10(6-9)15-7-11-13-14-15/h3-8,12H,1-2H3. The number of aromatic nitrogens is 4. The van der Waals surface area contributed by atoms with Gasteiger partial charge in [-0.1, -0.05) is 6.07 Å². The Morgan fingerprint density at radius 2 is 2.20 bits per heavy atom. The van der Waals surface area contributed by atoms with Crippen molar-refractivity contribution in [3.05, 3.63) is 30.6 Å². The molecule has 0 unspecified atom stereocenters. The Kier molecular flexibility index (Phi) is 2.62. The highest BCUT2D eigenvalue weighted by atomic mass is 15.5. The van der Waals surface area contributed by atoms with Crippen molar-refractivity contribution in [2.45, 2.75) is 19.9 Å². The van der Waals surface area contributed by atoms with Gasteiger partial charge in [-0.3, -0.25) is 0 Å². The van der Waals surface area contributed by atoms with Crippen molar-refractivity contribution in [1.82, 2.24) is 20.2 Å². The molecule has 5 nitrogen and oxygen atoms in total. The minimum Gasteiger partial charge on any atom is -0.383 e. The SMILES string of the molecule is CC(C)Nc1cccc(-n2cnnn2)c1. The van der Waals surface area contributed by atoms with Gasteiger partial charge in [-0.25, -0.2) is 4.68 Å². The Morgan fingerprint density at radius 3 is 2.87 bits per heavy atom. The van der Waals surface area contributed by atoms with E-state index in [0.29, 0.717) is 6.04 Å². The Bertz CT molecular complexity index is 421. The Labute approximate surface area is 88.1 Å². The molecule has 0 radical (unpaired) electrons. The van der Waals surface area contributed by atoms with Crippen LogP contribution in [0, 0.1) is 0 Å². The lowest BCUT2D eigenvalue weighted by molar-refractivity contribution is 0.788. The van der Waals surface area contributed by atoms with E-state index in [1.165, 1.54) is 0 Å². The first kappa shape index (κ1) is 9.64. The molecule has 0 aliphatic carbocycles. The van der Waals surface area contributed by atoms with Crippen LogP contribution < -0.4 is 5.32 Å². The van der Waals surface area contributed by atoms with Crippen molar-refractivity contribution in [2.24, 2.45) is 0 Å². The molecule has 15 heavy (non-hydrogen) atoms. The number of nitrogens with zero attached hydrogens (tertiary/aromatic N) is 4. The molecule has 1 heterocycles. The van der Waals surface area contributed by atoms with Crippen LogP contribution in [0.3, 0.4) is 0 Å². The topological polar surface area (TPSA) is 55.6 Å². The van der Waals surface area contributed by atoms with E-state index in [9.17, 15) is 0 Å². The van der Waals surface area contributed by atoms with Gasteiger partial charge in [0.2, 0.25) is 0 Å². The fraction of sp³-hybridized carbons (Fsp3) is 0.300. The van der Waals surface area contributed by atoms with Crippen LogP contribution in [0.1, 0.15) is 13.8 Å². The maximum Gasteiger partial charge on any atom is 0.143 e. The average molecular weight is 203 g/mol. The first-order valence-electron chi connectivity index (χ1n) is 4.85. The zero-order chi connectivity index (χ0) is 10.7. The van der Waals surface area contributed by atoms with Crippen molar-refractivity contribution in [2.75, 3.05) is 5.32 Å². The van der Waals surface area contributed by atoms with Gasteiger partial charge in [0.25, 0.3) is 0 Å². The van der Waals surface area contributed by atoms with Crippen LogP contribution in [-0.4, -0.2) is 26.2 Å². The van der Waals surface area contributed by atoms with E-state index in [4.69, 9.17) is 0 Å². The number of hydrogen-bond donors (Lipinski definition) is 1. The van der Waals surface area contributed by atoms with Crippen LogP contribution in [0.4, 0.5) is 5.69 Å². The summed E-state index contributed by atoms with van der Waals surface area (Å²) >= 11 is 0. The van der Waals surface area contributed by atoms with Gasteiger partial charge < -0.3 is 5.32 Å². The highest BCUT2D eigenvalue weighted by Crippen LogP contribution is 2.13. The molecule has 0 fully saturated rings. The molecule has 1 aromatic carbocycles. The van der Waals surface area contributed by atoms with Gasteiger partial charge in [0.15, 0.2) is 0 Å². The smallest absolute Gasteiger partial charge is 0.143 e. The number of anilines is 1. The summed E-state index contributed by atoms with van der Waals surface area (Å²) in [7, 11) is 0. The largest absolute Gasteiger partial charge is 0.383 e. The predicted molar refractivity (Wildman–Crippen MR) is 57.9 cm³/mol. The monoisotopic (exact) mass is 203 g/mol. The average Bonchev–Trinajstić information content (AvgIpc) is 2.69. The van der Waals surface area contributed by atoms with Crippen LogP contribution in [-0.2, 0) is 0 Å². The van der Waals surface area contributed by atoms with Crippen molar-refractivity contribution in [3.8, 4) is 5.69 Å². The van der Waals surface area contributed by atoms with Crippen LogP contribution in [0.25, 0.3) is 5.69 Å². The summed E-state index contributed by atoms with van der Waals surface area (Å²) in [5.41, 5.74) is 2.02. The lowest BCUT2D eigenvalue weighted by Crippen LogP contribution is -2.09. The second-order valence-electron chi connectivity index (χ2n) is 3.60. The van der Waals surface area contributed by atoms with Gasteiger partial charge in [-0.05, 0) is 42.5 Å². The van der Waals surface area contributed by atoms with Crippen molar-refractivity contribution in [1.29, 1.82) is 0 Å². The van der Waals surface area contributed by atoms with E-state index in [-0.39, 0.29) is 0 Å². The van der Waals surface area contributed by atoms with Gasteiger partial charge in [0, 0.05) is 11.7 Å². The molecular formula is C10H13N5. The molecule has 0 spiro atoms. The summed E-state index contributed by atoms with van der Waals surface area (Å²) in [6.07, 6.45) is 1.58. The highest BCUT2D eigenvalue weighted by Gasteiger charge is 2.00. The summed E-state index contributed by atoms with van der Waals surface area (Å²) in [6, 6.07) is 8.38. The minimum atomic E-state index is 0.411. The Balaban J connectivity index is 2.27. The van der Waals surface area contributed by atoms with Gasteiger partial charge in [-0.15, -0.1) is 5.10 Å². The van der Waals surface area contributed by atoms with Gasteiger partial charge >= 0.3 is 0 Å². The predicted octanol–water partition coefficient (Wildman–Crippen LogP) is 1.48. The molecule has 2 rings (SSSR count). The van der Waals surface area contributed by atoms with Crippen molar-refractivity contribution in [3.63, 3.8) is 0 Å². The summed E-state index contributed by atoms with van der Waals surface area (Å²) in [4.78, 5) is 0. The summed E-state index contributed by atoms with van der Waals surface area (Å²) < 4.78 is 1.63. The Morgan fingerprint density at radius 1 is 1.33 bits per heavy atom. The third-order valence-corrected chi connectivity index (χ3v) is 1.92. The molecule has 0 aliphatic rings. The normalized spacial score (nSPS) is 10.6. The molecule has 78 valence electrons. The van der Waals surface area contributed by atoms with E-state index < -0.39 is 0 Å². The zero-order valence-corrected chi connectivity index (χ0v) is 8.75. The highest BCUT2D eigenvalue weighted by molar-refractivity contribution is 5.51. The molecule has 5 heteroatoms. The second kappa shape index (κ2) is 4.08. The molecule has 2 aromatic rings. The first-order valence-corrected chi connectivity index (χ1v) is 4.85. The quantitative estimate of drug-likeness (QED) is 0.821. The van der Waals surface area contributed by atoms with Crippen molar-refractivity contribution >= 4 is 5.69 Å². The lowest BCUT2D eigenvalue weighted by atomic mass is 10.2. The van der Waals surface area contributed by atoms with Crippen LogP contribution in [0.15, 0.2) is 30.6 Å². The molecule has 1 aromatic heterocycles. The first-order chi connectivity index (χ1) is 7.25. The maximum absolute atomic E-state index is 3.83. The fourth-order valence-corrected chi connectivity index (χ4v) is 1.35. The third-order valence-electron chi connectivity index (χ3n) is 1.92. The molecule has 1 N–H and O–H groups in total. The molecule has 0 saturated heterocycles. The summed E-state index contributed by atoms with van der Waals surface area (Å²) in [5, 5.41) is 14.4. The fourth-order valence-electron chi connectivity index (χ4n) is 1.35. The number of benzene rings is 1. The third kappa shape index (κ3) is 2.31. The van der Waals surface area contributed by atoms with Crippen molar-refractivity contribution < 1.29 is 0 Å². The number of nitrogens with one attached hydrogen (secondary N) is 1. The number of tetrazole rings is 1. The van der Waals surface area contributed by atoms with Crippen LogP contribution in [0.2, 0.25) is 0 Å². The van der Waals surface area contributed by atoms with E-state index in [0.717, 1.165) is 11.4 Å². The van der Waals surface area contributed by atoms with E-state index in [1.807, 2.05) is 24.3 Å². The Hall–Kier alpha value is -1.91. The van der Waals surface area contributed by atoms with E-state index in [2.05, 4.69) is 34.7 Å². The number of hydrogen-bond acceptors (Lipinski definition) is 4. The molecule has 0 bridgehead atoms.